The monoisotopic (exact) mass is 823 g/mol. The lowest BCUT2D eigenvalue weighted by atomic mass is 10.0. The van der Waals surface area contributed by atoms with Crippen LogP contribution in [-0.2, 0) is 28.2 Å². The number of hydrogen-bond donors (Lipinski definition) is 4. The summed E-state index contributed by atoms with van der Waals surface area (Å²) < 4.78 is 26.3. The Morgan fingerprint density at radius 3 is 1.72 bits per heavy atom. The summed E-state index contributed by atoms with van der Waals surface area (Å²) in [6.07, 6.45) is 42.7. The number of carbonyl (C=O) groups excluding carboxylic acids is 2. The number of ether oxygens (including phenoxy) is 2. The molecule has 0 spiro atoms. The number of unbranched alkanes of at least 4 members (excludes halogenated alkanes) is 15. The van der Waals surface area contributed by atoms with E-state index in [0.29, 0.717) is 32.1 Å². The highest BCUT2D eigenvalue weighted by atomic mass is 31.2. The zero-order chi connectivity index (χ0) is 42.2. The van der Waals surface area contributed by atoms with Crippen LogP contribution in [0.2, 0.25) is 0 Å². The first-order valence-electron chi connectivity index (χ1n) is 21.8. The lowest BCUT2D eigenvalue weighted by Crippen LogP contribution is -2.29. The first kappa shape index (κ1) is 54.4. The predicted molar refractivity (Wildman–Crippen MR) is 232 cm³/mol. The summed E-state index contributed by atoms with van der Waals surface area (Å²) in [7, 11) is -4.81. The molecule has 0 bridgehead atoms. The molecule has 3 atom stereocenters. The van der Waals surface area contributed by atoms with Crippen LogP contribution in [0.4, 0.5) is 0 Å². The Bertz CT molecular complexity index is 1200. The fourth-order valence-electron chi connectivity index (χ4n) is 5.83. The summed E-state index contributed by atoms with van der Waals surface area (Å²) in [4.78, 5) is 42.9. The molecular weight excluding hydrogens is 743 g/mol. The van der Waals surface area contributed by atoms with Gasteiger partial charge in [0.25, 0.3) is 0 Å². The van der Waals surface area contributed by atoms with Crippen molar-refractivity contribution in [2.24, 2.45) is 5.92 Å². The number of aliphatic hydroxyl groups excluding tert-OH is 2. The van der Waals surface area contributed by atoms with Gasteiger partial charge in [0.15, 0.2) is 6.10 Å². The molecule has 0 aliphatic rings. The third kappa shape index (κ3) is 42.8. The highest BCUT2D eigenvalue weighted by Crippen LogP contribution is 2.36. The van der Waals surface area contributed by atoms with E-state index >= 15 is 0 Å². The second kappa shape index (κ2) is 38.9. The molecule has 10 nitrogen and oxygen atoms in total. The molecule has 0 aromatic carbocycles. The van der Waals surface area contributed by atoms with E-state index in [4.69, 9.17) is 19.3 Å². The lowest BCUT2D eigenvalue weighted by Gasteiger charge is -2.18. The Labute approximate surface area is 345 Å². The minimum absolute atomic E-state index is 0.0787. The Morgan fingerprint density at radius 1 is 0.614 bits per heavy atom. The van der Waals surface area contributed by atoms with Gasteiger partial charge in [0.05, 0.1) is 18.8 Å². The SMILES string of the molecule is CC/C=C\C[C@@H](O)/C=C/C=C\C/C=C\C=C\[C@@H](O)/C=C\CCCC(=O)OC[C@H](COP(=O)(O)O)OC(=O)CCCCCCCCCCCCCCCCCC(C)C. The van der Waals surface area contributed by atoms with Crippen LogP contribution in [0, 0.1) is 5.92 Å². The van der Waals surface area contributed by atoms with Crippen molar-refractivity contribution in [3.05, 3.63) is 72.9 Å². The van der Waals surface area contributed by atoms with E-state index in [9.17, 15) is 24.4 Å². The molecule has 4 N–H and O–H groups in total. The van der Waals surface area contributed by atoms with Gasteiger partial charge in [-0.25, -0.2) is 4.57 Å². The summed E-state index contributed by atoms with van der Waals surface area (Å²) in [5.41, 5.74) is 0. The fraction of sp³-hybridized carbons (Fsp3) is 0.696. The lowest BCUT2D eigenvalue weighted by molar-refractivity contribution is -0.161. The van der Waals surface area contributed by atoms with Gasteiger partial charge in [0, 0.05) is 12.8 Å². The molecule has 0 saturated carbocycles. The second-order valence-electron chi connectivity index (χ2n) is 15.2. The maximum Gasteiger partial charge on any atom is 0.469 e. The van der Waals surface area contributed by atoms with E-state index < -0.39 is 44.7 Å². The second-order valence-corrected chi connectivity index (χ2v) is 16.4. The molecule has 0 unspecified atom stereocenters. The first-order valence-corrected chi connectivity index (χ1v) is 23.4. The molecule has 0 aromatic rings. The largest absolute Gasteiger partial charge is 0.469 e. The Hall–Kier alpha value is -2.59. The fourth-order valence-corrected chi connectivity index (χ4v) is 6.19. The molecule has 328 valence electrons. The maximum atomic E-state index is 12.4. The van der Waals surface area contributed by atoms with Gasteiger partial charge in [-0.2, -0.15) is 0 Å². The van der Waals surface area contributed by atoms with Crippen molar-refractivity contribution in [3.8, 4) is 0 Å². The van der Waals surface area contributed by atoms with Crippen LogP contribution in [0.5, 0.6) is 0 Å². The van der Waals surface area contributed by atoms with Gasteiger partial charge in [-0.15, -0.1) is 0 Å². The molecule has 11 heteroatoms. The van der Waals surface area contributed by atoms with Crippen molar-refractivity contribution in [3.63, 3.8) is 0 Å². The van der Waals surface area contributed by atoms with Gasteiger partial charge < -0.3 is 29.5 Å². The zero-order valence-electron chi connectivity index (χ0n) is 35.6. The number of carbonyl (C=O) groups is 2. The molecular formula is C46H79O10P. The van der Waals surface area contributed by atoms with E-state index in [1.54, 1.807) is 30.4 Å². The number of allylic oxidation sites excluding steroid dienone is 8. The minimum atomic E-state index is -4.81. The third-order valence-corrected chi connectivity index (χ3v) is 9.58. The predicted octanol–water partition coefficient (Wildman–Crippen LogP) is 11.3. The zero-order valence-corrected chi connectivity index (χ0v) is 36.5. The summed E-state index contributed by atoms with van der Waals surface area (Å²) in [6, 6.07) is 0. The van der Waals surface area contributed by atoms with Crippen molar-refractivity contribution in [1.29, 1.82) is 0 Å². The number of hydrogen-bond acceptors (Lipinski definition) is 8. The van der Waals surface area contributed by atoms with E-state index in [-0.39, 0.29) is 19.4 Å². The number of phosphoric ester groups is 1. The molecule has 0 saturated heterocycles. The molecule has 57 heavy (non-hydrogen) atoms. The molecule has 0 aromatic heterocycles. The average Bonchev–Trinajstić information content (AvgIpc) is 3.15. The van der Waals surface area contributed by atoms with Crippen LogP contribution in [-0.4, -0.2) is 63.5 Å². The average molecular weight is 823 g/mol. The van der Waals surface area contributed by atoms with Gasteiger partial charge >= 0.3 is 19.8 Å². The van der Waals surface area contributed by atoms with E-state index in [1.165, 1.54) is 77.0 Å². The normalized spacial score (nSPS) is 14.4. The van der Waals surface area contributed by atoms with Gasteiger partial charge in [-0.1, -0.05) is 190 Å². The van der Waals surface area contributed by atoms with Crippen LogP contribution < -0.4 is 0 Å². The van der Waals surface area contributed by atoms with Crippen LogP contribution >= 0.6 is 7.82 Å². The van der Waals surface area contributed by atoms with E-state index in [2.05, 4.69) is 25.3 Å². The number of aliphatic hydroxyl groups is 2. The maximum absolute atomic E-state index is 12.4. The molecule has 0 aliphatic heterocycles. The summed E-state index contributed by atoms with van der Waals surface area (Å²) in [5.74, 6) is -0.245. The molecule has 0 radical (unpaired) electrons. The molecule has 0 rings (SSSR count). The van der Waals surface area contributed by atoms with Crippen molar-refractivity contribution in [1.82, 2.24) is 0 Å². The molecule has 0 fully saturated rings. The van der Waals surface area contributed by atoms with Crippen molar-refractivity contribution in [2.75, 3.05) is 13.2 Å². The number of rotatable bonds is 38. The standard InChI is InChI=1S/C46H79O10P/c1-4-5-25-33-42(47)34-27-21-17-15-18-22-28-35-43(48)36-29-24-31-37-45(49)54-39-44(40-55-57(51,52)53)56-46(50)38-30-23-19-14-12-10-8-6-7-9-11-13-16-20-26-32-41(2)3/h5,17-18,21-22,25,27-29,34-36,41-44,47-48H,4,6-16,19-20,23-24,26,30-33,37-40H2,1-3H3,(H2,51,52,53)/b21-17-,22-18-,25-5-,34-27+,35-28+,36-29-/t42-,43-,44-/m1/s1. The Morgan fingerprint density at radius 2 is 1.16 bits per heavy atom. The molecule has 0 aliphatic carbocycles. The number of phosphoric acid groups is 1. The van der Waals surface area contributed by atoms with Crippen LogP contribution in [0.15, 0.2) is 72.9 Å². The summed E-state index contributed by atoms with van der Waals surface area (Å²) >= 11 is 0. The van der Waals surface area contributed by atoms with Crippen molar-refractivity contribution in [2.45, 2.75) is 187 Å². The Balaban J connectivity index is 4.14. The molecule has 0 heterocycles. The van der Waals surface area contributed by atoms with E-state index in [0.717, 1.165) is 31.6 Å². The summed E-state index contributed by atoms with van der Waals surface area (Å²) in [5, 5.41) is 19.9. The van der Waals surface area contributed by atoms with Crippen LogP contribution in [0.1, 0.15) is 168 Å². The van der Waals surface area contributed by atoms with Crippen molar-refractivity contribution >= 4 is 19.8 Å². The smallest absolute Gasteiger partial charge is 0.462 e. The highest BCUT2D eigenvalue weighted by Gasteiger charge is 2.23. The first-order chi connectivity index (χ1) is 27.4. The Kier molecular flexibility index (Phi) is 37.1. The highest BCUT2D eigenvalue weighted by molar-refractivity contribution is 7.46. The summed E-state index contributed by atoms with van der Waals surface area (Å²) in [6.45, 7) is 5.68. The van der Waals surface area contributed by atoms with Crippen LogP contribution in [0.25, 0.3) is 0 Å². The quantitative estimate of drug-likeness (QED) is 0.0155. The molecule has 0 amide bonds. The van der Waals surface area contributed by atoms with Crippen molar-refractivity contribution < 1.29 is 48.2 Å². The topological polar surface area (TPSA) is 160 Å². The van der Waals surface area contributed by atoms with Gasteiger partial charge in [0.1, 0.15) is 6.61 Å². The van der Waals surface area contributed by atoms with Gasteiger partial charge in [0.2, 0.25) is 0 Å². The van der Waals surface area contributed by atoms with Crippen LogP contribution in [0.3, 0.4) is 0 Å². The third-order valence-electron chi connectivity index (χ3n) is 9.09. The van der Waals surface area contributed by atoms with E-state index in [1.807, 2.05) is 42.5 Å². The minimum Gasteiger partial charge on any atom is -0.462 e. The van der Waals surface area contributed by atoms with Gasteiger partial charge in [-0.3, -0.25) is 14.1 Å². The number of esters is 2. The van der Waals surface area contributed by atoms with Gasteiger partial charge in [-0.05, 0) is 44.4 Å².